The minimum Gasteiger partial charge on any atom is -0.0654 e. The van der Waals surface area contributed by atoms with E-state index in [0.29, 0.717) is 0 Å². The first-order valence-electron chi connectivity index (χ1n) is 13.4. The van der Waals surface area contributed by atoms with Crippen LogP contribution in [0, 0.1) is 17.9 Å². The van der Waals surface area contributed by atoms with Gasteiger partial charge in [-0.15, -0.1) is 0 Å². The molecule has 0 N–H and O–H groups in total. The molecule has 2 fully saturated rings. The Morgan fingerprint density at radius 3 is 2.32 bits per heavy atom. The van der Waals surface area contributed by atoms with Crippen LogP contribution in [0.1, 0.15) is 118 Å². The van der Waals surface area contributed by atoms with E-state index in [2.05, 4.69) is 56.3 Å². The summed E-state index contributed by atoms with van der Waals surface area (Å²) in [7, 11) is 0. The SMILES string of the molecule is CCCCCCc1c(CCCCC)c[c]c(Cc2ccccc2)c1C1CC2CCC1C2. The predicted octanol–water partition coefficient (Wildman–Crippen LogP) is 8.84. The topological polar surface area (TPSA) is 0 Å². The van der Waals surface area contributed by atoms with Crippen molar-refractivity contribution >= 4 is 0 Å². The van der Waals surface area contributed by atoms with E-state index >= 15 is 0 Å². The van der Waals surface area contributed by atoms with E-state index in [-0.39, 0.29) is 0 Å². The van der Waals surface area contributed by atoms with Crippen molar-refractivity contribution in [1.29, 1.82) is 0 Å². The predicted molar refractivity (Wildman–Crippen MR) is 134 cm³/mol. The molecular weight excluding hydrogens is 372 g/mol. The summed E-state index contributed by atoms with van der Waals surface area (Å²) < 4.78 is 0. The molecule has 0 aromatic heterocycles. The van der Waals surface area contributed by atoms with Crippen molar-refractivity contribution in [1.82, 2.24) is 0 Å². The van der Waals surface area contributed by atoms with Gasteiger partial charge in [0.1, 0.15) is 0 Å². The standard InChI is InChI=1S/C31H43/c1-3-5-7-12-16-29-26(15-9-6-4-2)19-20-28(21-24-13-10-8-11-14-24)31(29)30-23-25-17-18-27(30)22-25/h8,10-11,13-14,19,25,27,30H,3-7,9,12,15-18,21-23H2,1-2H3. The molecule has 0 saturated heterocycles. The number of hydrogen-bond acceptors (Lipinski definition) is 0. The van der Waals surface area contributed by atoms with Crippen LogP contribution in [0.25, 0.3) is 0 Å². The minimum atomic E-state index is 0.806. The fraction of sp³-hybridized carbons (Fsp3) is 0.613. The quantitative estimate of drug-likeness (QED) is 0.304. The lowest BCUT2D eigenvalue weighted by molar-refractivity contribution is 0.415. The van der Waals surface area contributed by atoms with Crippen molar-refractivity contribution < 1.29 is 0 Å². The maximum atomic E-state index is 3.86. The normalized spacial score (nSPS) is 22.3. The summed E-state index contributed by atoms with van der Waals surface area (Å²) in [5.74, 6) is 2.74. The number of unbranched alkanes of at least 4 members (excludes halogenated alkanes) is 5. The molecule has 0 aliphatic heterocycles. The van der Waals surface area contributed by atoms with E-state index in [1.165, 1.54) is 94.6 Å². The van der Waals surface area contributed by atoms with Gasteiger partial charge in [0.2, 0.25) is 0 Å². The largest absolute Gasteiger partial charge is 0.0654 e. The first-order valence-corrected chi connectivity index (χ1v) is 13.4. The van der Waals surface area contributed by atoms with Gasteiger partial charge in [-0.2, -0.15) is 0 Å². The van der Waals surface area contributed by atoms with E-state index in [9.17, 15) is 0 Å². The van der Waals surface area contributed by atoms with Gasteiger partial charge in [-0.1, -0.05) is 88.8 Å². The summed E-state index contributed by atoms with van der Waals surface area (Å²) in [6, 6.07) is 17.4. The van der Waals surface area contributed by atoms with Crippen LogP contribution >= 0.6 is 0 Å². The van der Waals surface area contributed by atoms with Crippen LogP contribution < -0.4 is 0 Å². The highest BCUT2D eigenvalue weighted by Gasteiger charge is 2.41. The van der Waals surface area contributed by atoms with Crippen molar-refractivity contribution in [2.45, 2.75) is 110 Å². The number of benzene rings is 2. The monoisotopic (exact) mass is 415 g/mol. The fourth-order valence-electron chi connectivity index (χ4n) is 6.50. The van der Waals surface area contributed by atoms with E-state index < -0.39 is 0 Å². The second-order valence-corrected chi connectivity index (χ2v) is 10.4. The number of aryl methyl sites for hydroxylation is 1. The van der Waals surface area contributed by atoms with E-state index in [4.69, 9.17) is 0 Å². The second kappa shape index (κ2) is 11.3. The van der Waals surface area contributed by atoms with Gasteiger partial charge in [-0.3, -0.25) is 0 Å². The summed E-state index contributed by atoms with van der Waals surface area (Å²) in [6.07, 6.45) is 18.9. The maximum absolute atomic E-state index is 3.86. The average molecular weight is 416 g/mol. The Labute approximate surface area is 191 Å². The van der Waals surface area contributed by atoms with Crippen molar-refractivity contribution in [2.24, 2.45) is 11.8 Å². The van der Waals surface area contributed by atoms with Gasteiger partial charge in [0.15, 0.2) is 0 Å². The van der Waals surface area contributed by atoms with E-state index in [0.717, 1.165) is 24.2 Å². The second-order valence-electron chi connectivity index (χ2n) is 10.4. The molecule has 0 spiro atoms. The van der Waals surface area contributed by atoms with Crippen LogP contribution in [-0.4, -0.2) is 0 Å². The van der Waals surface area contributed by atoms with Crippen LogP contribution in [0.15, 0.2) is 36.4 Å². The Hall–Kier alpha value is -1.56. The van der Waals surface area contributed by atoms with Crippen molar-refractivity contribution in [2.75, 3.05) is 0 Å². The van der Waals surface area contributed by atoms with Crippen molar-refractivity contribution in [3.8, 4) is 0 Å². The highest BCUT2D eigenvalue weighted by Crippen LogP contribution is 2.54. The first-order chi connectivity index (χ1) is 15.3. The Balaban J connectivity index is 1.69. The highest BCUT2D eigenvalue weighted by molar-refractivity contribution is 5.46. The van der Waals surface area contributed by atoms with Crippen LogP contribution in [0.3, 0.4) is 0 Å². The third kappa shape index (κ3) is 5.63. The van der Waals surface area contributed by atoms with Gasteiger partial charge in [0, 0.05) is 0 Å². The molecule has 3 atom stereocenters. The minimum absolute atomic E-state index is 0.806. The Kier molecular flexibility index (Phi) is 8.28. The van der Waals surface area contributed by atoms with Crippen molar-refractivity contribution in [3.05, 3.63) is 70.3 Å². The molecule has 2 bridgehead atoms. The molecule has 1 radical (unpaired) electrons. The third-order valence-electron chi connectivity index (χ3n) is 8.12. The Bertz CT molecular complexity index is 802. The summed E-state index contributed by atoms with van der Waals surface area (Å²) in [5.41, 5.74) is 8.13. The van der Waals surface area contributed by atoms with Gasteiger partial charge in [-0.05, 0) is 103 Å². The molecule has 3 unspecified atom stereocenters. The van der Waals surface area contributed by atoms with Gasteiger partial charge in [-0.25, -0.2) is 0 Å². The lowest BCUT2D eigenvalue weighted by Gasteiger charge is -2.29. The molecule has 2 aromatic rings. The average Bonchev–Trinajstić information content (AvgIpc) is 3.42. The summed E-state index contributed by atoms with van der Waals surface area (Å²) >= 11 is 0. The molecule has 167 valence electrons. The zero-order valence-electron chi connectivity index (χ0n) is 20.1. The van der Waals surface area contributed by atoms with Crippen LogP contribution in [-0.2, 0) is 19.3 Å². The van der Waals surface area contributed by atoms with E-state index in [1.807, 2.05) is 0 Å². The van der Waals surface area contributed by atoms with Crippen LogP contribution in [0.2, 0.25) is 0 Å². The number of rotatable bonds is 12. The van der Waals surface area contributed by atoms with Gasteiger partial charge in [0.25, 0.3) is 0 Å². The molecule has 0 amide bonds. The molecule has 0 nitrogen and oxygen atoms in total. The summed E-state index contributed by atoms with van der Waals surface area (Å²) in [5, 5.41) is 0. The summed E-state index contributed by atoms with van der Waals surface area (Å²) in [6.45, 7) is 4.65. The highest BCUT2D eigenvalue weighted by atomic mass is 14.5. The molecule has 31 heavy (non-hydrogen) atoms. The fourth-order valence-corrected chi connectivity index (χ4v) is 6.50. The molecule has 2 saturated carbocycles. The zero-order chi connectivity index (χ0) is 21.5. The van der Waals surface area contributed by atoms with Crippen LogP contribution in [0.4, 0.5) is 0 Å². The smallest absolute Gasteiger partial charge is 0.00167 e. The lowest BCUT2D eigenvalue weighted by Crippen LogP contribution is -2.16. The van der Waals surface area contributed by atoms with Gasteiger partial charge >= 0.3 is 0 Å². The lowest BCUT2D eigenvalue weighted by atomic mass is 9.75. The zero-order valence-corrected chi connectivity index (χ0v) is 20.1. The van der Waals surface area contributed by atoms with Gasteiger partial charge < -0.3 is 0 Å². The molecule has 0 heterocycles. The Morgan fingerprint density at radius 2 is 1.61 bits per heavy atom. The Morgan fingerprint density at radius 1 is 0.839 bits per heavy atom. The molecule has 4 rings (SSSR count). The number of hydrogen-bond donors (Lipinski definition) is 0. The molecule has 0 heteroatoms. The molecular formula is C31H43. The molecule has 2 aliphatic rings. The molecule has 2 aliphatic carbocycles. The number of fused-ring (bicyclic) bond motifs is 2. The van der Waals surface area contributed by atoms with E-state index in [1.54, 1.807) is 16.7 Å². The third-order valence-corrected chi connectivity index (χ3v) is 8.12. The van der Waals surface area contributed by atoms with Gasteiger partial charge in [0.05, 0.1) is 0 Å². The maximum Gasteiger partial charge on any atom is -0.00167 e. The summed E-state index contributed by atoms with van der Waals surface area (Å²) in [4.78, 5) is 0. The van der Waals surface area contributed by atoms with Crippen LogP contribution in [0.5, 0.6) is 0 Å². The van der Waals surface area contributed by atoms with Crippen molar-refractivity contribution in [3.63, 3.8) is 0 Å². The molecule has 2 aromatic carbocycles. The first kappa shape index (κ1) is 22.6.